The van der Waals surface area contributed by atoms with Crippen molar-refractivity contribution in [2.75, 3.05) is 40.0 Å². The van der Waals surface area contributed by atoms with E-state index in [1.54, 1.807) is 0 Å². The summed E-state index contributed by atoms with van der Waals surface area (Å²) in [6.45, 7) is 3.69. The average molecular weight is 255 g/mol. The summed E-state index contributed by atoms with van der Waals surface area (Å²) in [7, 11) is 2.13. The summed E-state index contributed by atoms with van der Waals surface area (Å²) in [5.74, 6) is 0. The van der Waals surface area contributed by atoms with Crippen LogP contribution in [0.5, 0.6) is 0 Å². The van der Waals surface area contributed by atoms with Gasteiger partial charge >= 0.3 is 0 Å². The predicted molar refractivity (Wildman–Crippen MR) is 70.5 cm³/mol. The Morgan fingerprint density at radius 1 is 1.59 bits per heavy atom. The van der Waals surface area contributed by atoms with Gasteiger partial charge in [-0.25, -0.2) is 0 Å². The van der Waals surface area contributed by atoms with Gasteiger partial charge in [0.1, 0.15) is 0 Å². The van der Waals surface area contributed by atoms with Gasteiger partial charge in [-0.05, 0) is 31.3 Å². The Balaban J connectivity index is 1.78. The van der Waals surface area contributed by atoms with Crippen LogP contribution in [-0.2, 0) is 11.2 Å². The minimum Gasteiger partial charge on any atom is -0.396 e. The van der Waals surface area contributed by atoms with Crippen molar-refractivity contribution in [1.29, 1.82) is 0 Å². The Kier molecular flexibility index (Phi) is 4.56. The summed E-state index contributed by atoms with van der Waals surface area (Å²) in [5, 5.41) is 11.6. The molecule has 0 aromatic carbocycles. The van der Waals surface area contributed by atoms with Gasteiger partial charge in [0.25, 0.3) is 0 Å². The zero-order valence-electron chi connectivity index (χ0n) is 10.4. The van der Waals surface area contributed by atoms with Crippen LogP contribution in [0.15, 0.2) is 17.5 Å². The van der Waals surface area contributed by atoms with Crippen molar-refractivity contribution >= 4 is 11.3 Å². The minimum atomic E-state index is -0.0236. The van der Waals surface area contributed by atoms with Crippen LogP contribution in [0.4, 0.5) is 0 Å². The number of aliphatic hydroxyl groups is 1. The minimum absolute atomic E-state index is 0.0236. The molecule has 1 N–H and O–H groups in total. The number of nitrogens with zero attached hydrogens (tertiary/aromatic N) is 1. The van der Waals surface area contributed by atoms with E-state index >= 15 is 0 Å². The zero-order valence-corrected chi connectivity index (χ0v) is 11.2. The maximum atomic E-state index is 9.51. The zero-order chi connectivity index (χ0) is 12.1. The molecule has 17 heavy (non-hydrogen) atoms. The smallest absolute Gasteiger partial charge is 0.0557 e. The van der Waals surface area contributed by atoms with Crippen molar-refractivity contribution < 1.29 is 9.84 Å². The van der Waals surface area contributed by atoms with Crippen LogP contribution in [0, 0.1) is 5.41 Å². The fraction of sp³-hybridized carbons (Fsp3) is 0.692. The van der Waals surface area contributed by atoms with Crippen molar-refractivity contribution in [2.45, 2.75) is 12.8 Å². The average Bonchev–Trinajstić information content (AvgIpc) is 2.98. The lowest BCUT2D eigenvalue weighted by atomic mass is 9.88. The van der Waals surface area contributed by atoms with Crippen LogP contribution < -0.4 is 0 Å². The van der Waals surface area contributed by atoms with Crippen LogP contribution >= 0.6 is 11.3 Å². The normalized spacial score (nSPS) is 24.6. The summed E-state index contributed by atoms with van der Waals surface area (Å²) >= 11 is 1.81. The second kappa shape index (κ2) is 5.96. The standard InChI is InChI=1S/C13H21NO2S/c1-14(6-4-12-3-2-8-17-12)9-13(10-15)5-7-16-11-13/h2-3,8,15H,4-7,9-11H2,1H3. The van der Waals surface area contributed by atoms with Crippen LogP contribution in [0.3, 0.4) is 0 Å². The second-order valence-electron chi connectivity index (χ2n) is 5.03. The van der Waals surface area contributed by atoms with Crippen molar-refractivity contribution in [2.24, 2.45) is 5.41 Å². The highest BCUT2D eigenvalue weighted by Gasteiger charge is 2.35. The molecule has 0 radical (unpaired) electrons. The molecule has 1 fully saturated rings. The fourth-order valence-electron chi connectivity index (χ4n) is 2.36. The number of ether oxygens (including phenoxy) is 1. The molecule has 1 aromatic rings. The largest absolute Gasteiger partial charge is 0.396 e. The van der Waals surface area contributed by atoms with E-state index in [1.165, 1.54) is 4.88 Å². The van der Waals surface area contributed by atoms with Crippen molar-refractivity contribution in [3.05, 3.63) is 22.4 Å². The summed E-state index contributed by atoms with van der Waals surface area (Å²) in [5.41, 5.74) is -0.0236. The molecule has 0 bridgehead atoms. The highest BCUT2D eigenvalue weighted by Crippen LogP contribution is 2.28. The molecule has 2 heterocycles. The third-order valence-corrected chi connectivity index (χ3v) is 4.38. The van der Waals surface area contributed by atoms with Crippen LogP contribution in [0.25, 0.3) is 0 Å². The van der Waals surface area contributed by atoms with E-state index in [4.69, 9.17) is 4.74 Å². The quantitative estimate of drug-likeness (QED) is 0.838. The Hall–Kier alpha value is -0.420. The van der Waals surface area contributed by atoms with Crippen molar-refractivity contribution in [1.82, 2.24) is 4.90 Å². The van der Waals surface area contributed by atoms with Gasteiger partial charge < -0.3 is 14.7 Å². The lowest BCUT2D eigenvalue weighted by Crippen LogP contribution is -2.39. The molecule has 1 unspecified atom stereocenters. The summed E-state index contributed by atoms with van der Waals surface area (Å²) < 4.78 is 5.42. The molecule has 1 saturated heterocycles. The summed E-state index contributed by atoms with van der Waals surface area (Å²) in [6.07, 6.45) is 2.07. The van der Waals surface area contributed by atoms with Crippen molar-refractivity contribution in [3.8, 4) is 0 Å². The topological polar surface area (TPSA) is 32.7 Å². The molecule has 2 rings (SSSR count). The van der Waals surface area contributed by atoms with E-state index in [-0.39, 0.29) is 12.0 Å². The SMILES string of the molecule is CN(CCc1cccs1)CC1(CO)CCOC1. The van der Waals surface area contributed by atoms with E-state index in [9.17, 15) is 5.11 Å². The molecule has 4 heteroatoms. The molecular formula is C13H21NO2S. The highest BCUT2D eigenvalue weighted by atomic mass is 32.1. The third-order valence-electron chi connectivity index (χ3n) is 3.45. The first-order valence-electron chi connectivity index (χ1n) is 6.14. The lowest BCUT2D eigenvalue weighted by molar-refractivity contribution is 0.0648. The number of hydrogen-bond acceptors (Lipinski definition) is 4. The maximum Gasteiger partial charge on any atom is 0.0557 e. The van der Waals surface area contributed by atoms with Gasteiger partial charge in [-0.2, -0.15) is 0 Å². The number of rotatable bonds is 6. The molecule has 1 aromatic heterocycles. The summed E-state index contributed by atoms with van der Waals surface area (Å²) in [6, 6.07) is 4.28. The van der Waals surface area contributed by atoms with Crippen LogP contribution in [0.2, 0.25) is 0 Å². The molecule has 1 aliphatic heterocycles. The first-order valence-corrected chi connectivity index (χ1v) is 7.02. The highest BCUT2D eigenvalue weighted by molar-refractivity contribution is 7.09. The Labute approximate surface area is 107 Å². The monoisotopic (exact) mass is 255 g/mol. The number of aliphatic hydroxyl groups excluding tert-OH is 1. The first-order chi connectivity index (χ1) is 8.24. The fourth-order valence-corrected chi connectivity index (χ4v) is 3.05. The van der Waals surface area contributed by atoms with Crippen LogP contribution in [0.1, 0.15) is 11.3 Å². The maximum absolute atomic E-state index is 9.51. The van der Waals surface area contributed by atoms with E-state index in [0.29, 0.717) is 6.61 Å². The van der Waals surface area contributed by atoms with Crippen LogP contribution in [-0.4, -0.2) is 50.0 Å². The van der Waals surface area contributed by atoms with E-state index in [0.717, 1.165) is 32.5 Å². The van der Waals surface area contributed by atoms with Gasteiger partial charge in [-0.3, -0.25) is 0 Å². The Bertz CT molecular complexity index is 320. The van der Waals surface area contributed by atoms with Gasteiger partial charge in [-0.15, -0.1) is 11.3 Å². The molecule has 96 valence electrons. The molecule has 0 amide bonds. The van der Waals surface area contributed by atoms with E-state index < -0.39 is 0 Å². The Morgan fingerprint density at radius 2 is 2.47 bits per heavy atom. The molecule has 0 saturated carbocycles. The van der Waals surface area contributed by atoms with Gasteiger partial charge in [0, 0.05) is 30.0 Å². The Morgan fingerprint density at radius 3 is 3.06 bits per heavy atom. The van der Waals surface area contributed by atoms with Gasteiger partial charge in [0.2, 0.25) is 0 Å². The number of likely N-dealkylation sites (N-methyl/N-ethyl adjacent to an activating group) is 1. The second-order valence-corrected chi connectivity index (χ2v) is 6.06. The van der Waals surface area contributed by atoms with E-state index in [2.05, 4.69) is 29.5 Å². The summed E-state index contributed by atoms with van der Waals surface area (Å²) in [4.78, 5) is 3.74. The van der Waals surface area contributed by atoms with Crippen molar-refractivity contribution in [3.63, 3.8) is 0 Å². The van der Waals surface area contributed by atoms with Gasteiger partial charge in [0.15, 0.2) is 0 Å². The molecule has 1 atom stereocenters. The third kappa shape index (κ3) is 3.52. The molecule has 3 nitrogen and oxygen atoms in total. The molecule has 0 spiro atoms. The molecule has 1 aliphatic rings. The lowest BCUT2D eigenvalue weighted by Gasteiger charge is -2.30. The first kappa shape index (κ1) is 13.0. The molecular weight excluding hydrogens is 234 g/mol. The van der Waals surface area contributed by atoms with Gasteiger partial charge in [-0.1, -0.05) is 6.07 Å². The molecule has 0 aliphatic carbocycles. The van der Waals surface area contributed by atoms with E-state index in [1.807, 2.05) is 11.3 Å². The van der Waals surface area contributed by atoms with Gasteiger partial charge in [0.05, 0.1) is 13.2 Å². The number of thiophene rings is 1. The number of hydrogen-bond donors (Lipinski definition) is 1. The predicted octanol–water partition coefficient (Wildman–Crippen LogP) is 1.62.